The molecular formula is C12H26N2O. The van der Waals surface area contributed by atoms with Gasteiger partial charge in [0, 0.05) is 19.5 Å². The second-order valence-electron chi connectivity index (χ2n) is 4.29. The third kappa shape index (κ3) is 7.37. The number of carbonyl (C=O) groups is 1. The van der Waals surface area contributed by atoms with Gasteiger partial charge in [-0.05, 0) is 39.9 Å². The summed E-state index contributed by atoms with van der Waals surface area (Å²) in [4.78, 5) is 15.9. The molecule has 0 aromatic carbocycles. The molecule has 0 aliphatic heterocycles. The maximum absolute atomic E-state index is 11.8. The molecule has 0 aromatic rings. The molecule has 0 heterocycles. The molecule has 0 N–H and O–H groups in total. The van der Waals surface area contributed by atoms with E-state index in [1.807, 2.05) is 19.0 Å². The minimum absolute atomic E-state index is 0.320. The number of nitrogens with zero attached hydrogens (tertiary/aromatic N) is 2. The summed E-state index contributed by atoms with van der Waals surface area (Å²) >= 11 is 0. The third-order valence-corrected chi connectivity index (χ3v) is 2.34. The van der Waals surface area contributed by atoms with Gasteiger partial charge in [0.15, 0.2) is 0 Å². The summed E-state index contributed by atoms with van der Waals surface area (Å²) in [5, 5.41) is 0. The van der Waals surface area contributed by atoms with Crippen molar-refractivity contribution in [3.63, 3.8) is 0 Å². The van der Waals surface area contributed by atoms with E-state index in [-0.39, 0.29) is 0 Å². The highest BCUT2D eigenvalue weighted by atomic mass is 16.2. The first-order valence-corrected chi connectivity index (χ1v) is 6.04. The zero-order valence-corrected chi connectivity index (χ0v) is 10.8. The quantitative estimate of drug-likeness (QED) is 0.617. The molecule has 0 aromatic heterocycles. The van der Waals surface area contributed by atoms with Crippen molar-refractivity contribution in [3.8, 4) is 0 Å². The summed E-state index contributed by atoms with van der Waals surface area (Å²) in [6.45, 7) is 7.06. The van der Waals surface area contributed by atoms with Crippen LogP contribution in [0.4, 0.5) is 0 Å². The van der Waals surface area contributed by atoms with Crippen molar-refractivity contribution in [1.82, 2.24) is 9.80 Å². The summed E-state index contributed by atoms with van der Waals surface area (Å²) in [7, 11) is 4.08. The number of amides is 1. The Morgan fingerprint density at radius 2 is 1.53 bits per heavy atom. The molecule has 15 heavy (non-hydrogen) atoms. The van der Waals surface area contributed by atoms with Crippen LogP contribution in [0, 0.1) is 0 Å². The van der Waals surface area contributed by atoms with Gasteiger partial charge in [-0.15, -0.1) is 0 Å². The molecule has 1 amide bonds. The van der Waals surface area contributed by atoms with Gasteiger partial charge in [-0.2, -0.15) is 0 Å². The van der Waals surface area contributed by atoms with Gasteiger partial charge in [0.25, 0.3) is 0 Å². The third-order valence-electron chi connectivity index (χ3n) is 2.34. The zero-order valence-electron chi connectivity index (χ0n) is 10.8. The SMILES string of the molecule is CCCN(CCC)C(=O)CCCN(C)C. The molecule has 0 fully saturated rings. The Morgan fingerprint density at radius 1 is 1.00 bits per heavy atom. The molecule has 0 atom stereocenters. The molecule has 3 nitrogen and oxygen atoms in total. The van der Waals surface area contributed by atoms with Gasteiger partial charge in [0.2, 0.25) is 5.91 Å². The normalized spacial score (nSPS) is 10.7. The predicted molar refractivity (Wildman–Crippen MR) is 65.0 cm³/mol. The molecule has 3 heteroatoms. The van der Waals surface area contributed by atoms with Crippen LogP contribution in [-0.4, -0.2) is 49.4 Å². The molecule has 0 unspecified atom stereocenters. The van der Waals surface area contributed by atoms with Crippen molar-refractivity contribution in [3.05, 3.63) is 0 Å². The molecule has 0 rings (SSSR count). The predicted octanol–water partition coefficient (Wildman–Crippen LogP) is 1.98. The van der Waals surface area contributed by atoms with Gasteiger partial charge < -0.3 is 9.80 Å². The Hall–Kier alpha value is -0.570. The van der Waals surface area contributed by atoms with E-state index in [2.05, 4.69) is 18.7 Å². The Balaban J connectivity index is 3.80. The van der Waals surface area contributed by atoms with E-state index in [4.69, 9.17) is 0 Å². The molecule has 90 valence electrons. The molecule has 0 saturated heterocycles. The Kier molecular flexibility index (Phi) is 8.38. The highest BCUT2D eigenvalue weighted by Gasteiger charge is 2.10. The maximum atomic E-state index is 11.8. The molecule has 0 aliphatic rings. The summed E-state index contributed by atoms with van der Waals surface area (Å²) in [5.41, 5.74) is 0. The average Bonchev–Trinajstić information content (AvgIpc) is 2.16. The first-order valence-electron chi connectivity index (χ1n) is 6.04. The van der Waals surface area contributed by atoms with Gasteiger partial charge in [0.1, 0.15) is 0 Å². The maximum Gasteiger partial charge on any atom is 0.222 e. The number of hydrogen-bond acceptors (Lipinski definition) is 2. The first-order chi connectivity index (χ1) is 7.11. The van der Waals surface area contributed by atoms with Gasteiger partial charge in [-0.25, -0.2) is 0 Å². The van der Waals surface area contributed by atoms with Gasteiger partial charge in [-0.3, -0.25) is 4.79 Å². The van der Waals surface area contributed by atoms with Crippen LogP contribution >= 0.6 is 0 Å². The molecular weight excluding hydrogens is 188 g/mol. The van der Waals surface area contributed by atoms with E-state index in [1.54, 1.807) is 0 Å². The monoisotopic (exact) mass is 214 g/mol. The van der Waals surface area contributed by atoms with Crippen molar-refractivity contribution >= 4 is 5.91 Å². The van der Waals surface area contributed by atoms with E-state index in [1.165, 1.54) is 0 Å². The van der Waals surface area contributed by atoms with Crippen LogP contribution in [0.1, 0.15) is 39.5 Å². The fourth-order valence-corrected chi connectivity index (χ4v) is 1.61. The fraction of sp³-hybridized carbons (Fsp3) is 0.917. The Morgan fingerprint density at radius 3 is 1.93 bits per heavy atom. The van der Waals surface area contributed by atoms with E-state index < -0.39 is 0 Å². The van der Waals surface area contributed by atoms with Crippen LogP contribution in [0.15, 0.2) is 0 Å². The lowest BCUT2D eigenvalue weighted by Gasteiger charge is -2.21. The van der Waals surface area contributed by atoms with Crippen molar-refractivity contribution in [2.75, 3.05) is 33.7 Å². The lowest BCUT2D eigenvalue weighted by Crippen LogP contribution is -2.32. The van der Waals surface area contributed by atoms with Crippen molar-refractivity contribution in [1.29, 1.82) is 0 Å². The highest BCUT2D eigenvalue weighted by molar-refractivity contribution is 5.76. The standard InChI is InChI=1S/C12H26N2O/c1-5-9-14(10-6-2)12(15)8-7-11-13(3)4/h5-11H2,1-4H3. The smallest absolute Gasteiger partial charge is 0.222 e. The van der Waals surface area contributed by atoms with Crippen molar-refractivity contribution < 1.29 is 4.79 Å². The largest absolute Gasteiger partial charge is 0.343 e. The van der Waals surface area contributed by atoms with E-state index in [0.29, 0.717) is 12.3 Å². The Labute approximate surface area is 94.4 Å². The van der Waals surface area contributed by atoms with Crippen molar-refractivity contribution in [2.45, 2.75) is 39.5 Å². The van der Waals surface area contributed by atoms with Crippen LogP contribution < -0.4 is 0 Å². The van der Waals surface area contributed by atoms with E-state index in [0.717, 1.165) is 38.9 Å². The zero-order chi connectivity index (χ0) is 11.7. The molecule has 0 saturated carbocycles. The van der Waals surface area contributed by atoms with E-state index in [9.17, 15) is 4.79 Å². The Bertz CT molecular complexity index is 163. The fourth-order valence-electron chi connectivity index (χ4n) is 1.61. The minimum atomic E-state index is 0.320. The van der Waals surface area contributed by atoms with Gasteiger partial charge in [0.05, 0.1) is 0 Å². The molecule has 0 bridgehead atoms. The second kappa shape index (κ2) is 8.72. The second-order valence-corrected chi connectivity index (χ2v) is 4.29. The summed E-state index contributed by atoms with van der Waals surface area (Å²) < 4.78 is 0. The topological polar surface area (TPSA) is 23.6 Å². The lowest BCUT2D eigenvalue weighted by atomic mass is 10.2. The molecule has 0 spiro atoms. The summed E-state index contributed by atoms with van der Waals surface area (Å²) in [6, 6.07) is 0. The summed E-state index contributed by atoms with van der Waals surface area (Å²) in [5.74, 6) is 0.320. The van der Waals surface area contributed by atoms with Crippen molar-refractivity contribution in [2.24, 2.45) is 0 Å². The highest BCUT2D eigenvalue weighted by Crippen LogP contribution is 2.01. The van der Waals surface area contributed by atoms with Crippen LogP contribution in [0.25, 0.3) is 0 Å². The van der Waals surface area contributed by atoms with Gasteiger partial charge >= 0.3 is 0 Å². The molecule has 0 radical (unpaired) electrons. The van der Waals surface area contributed by atoms with Crippen LogP contribution in [0.5, 0.6) is 0 Å². The van der Waals surface area contributed by atoms with Crippen LogP contribution in [0.3, 0.4) is 0 Å². The van der Waals surface area contributed by atoms with E-state index >= 15 is 0 Å². The average molecular weight is 214 g/mol. The number of carbonyl (C=O) groups excluding carboxylic acids is 1. The van der Waals surface area contributed by atoms with Gasteiger partial charge in [-0.1, -0.05) is 13.8 Å². The van der Waals surface area contributed by atoms with Crippen LogP contribution in [0.2, 0.25) is 0 Å². The number of rotatable bonds is 8. The van der Waals surface area contributed by atoms with Crippen LogP contribution in [-0.2, 0) is 4.79 Å². The minimum Gasteiger partial charge on any atom is -0.343 e. The first kappa shape index (κ1) is 14.4. The number of hydrogen-bond donors (Lipinski definition) is 0. The lowest BCUT2D eigenvalue weighted by molar-refractivity contribution is -0.131. The molecule has 0 aliphatic carbocycles. The summed E-state index contributed by atoms with van der Waals surface area (Å²) in [6.07, 6.45) is 3.77.